The van der Waals surface area contributed by atoms with E-state index in [0.717, 1.165) is 37.9 Å². The van der Waals surface area contributed by atoms with Gasteiger partial charge in [-0.3, -0.25) is 4.79 Å². The predicted molar refractivity (Wildman–Crippen MR) is 127 cm³/mol. The molecule has 0 saturated heterocycles. The fourth-order valence-electron chi connectivity index (χ4n) is 3.67. The van der Waals surface area contributed by atoms with Crippen LogP contribution < -0.4 is 4.90 Å². The molecule has 3 aromatic rings. The van der Waals surface area contributed by atoms with E-state index in [1.807, 2.05) is 51.1 Å². The summed E-state index contributed by atoms with van der Waals surface area (Å²) in [7, 11) is 1.42. The highest BCUT2D eigenvalue weighted by atomic mass is 35.5. The van der Waals surface area contributed by atoms with Crippen LogP contribution in [0.15, 0.2) is 24.3 Å². The largest absolute Gasteiger partial charge is 0.468 e. The maximum absolute atomic E-state index is 12.6. The number of esters is 1. The minimum atomic E-state index is -0.422. The molecule has 8 heteroatoms. The number of aromatic amines is 1. The maximum Gasteiger partial charge on any atom is 0.315 e. The van der Waals surface area contributed by atoms with Crippen molar-refractivity contribution in [3.63, 3.8) is 0 Å². The van der Waals surface area contributed by atoms with Crippen molar-refractivity contribution in [2.45, 2.75) is 39.1 Å². The summed E-state index contributed by atoms with van der Waals surface area (Å²) in [6.07, 6.45) is 3.98. The first-order valence-electron chi connectivity index (χ1n) is 9.86. The van der Waals surface area contributed by atoms with E-state index in [1.165, 1.54) is 7.11 Å². The highest BCUT2D eigenvalue weighted by Gasteiger charge is 2.35. The third kappa shape index (κ3) is 4.22. The van der Waals surface area contributed by atoms with Crippen LogP contribution in [0, 0.1) is 0 Å². The molecule has 1 N–H and O–H groups in total. The molecular weight excluding hydrogens is 441 g/mol. The van der Waals surface area contributed by atoms with Crippen LogP contribution >= 0.6 is 34.5 Å². The summed E-state index contributed by atoms with van der Waals surface area (Å²) in [5.74, 6) is -0.343. The van der Waals surface area contributed by atoms with Crippen molar-refractivity contribution < 1.29 is 9.53 Å². The van der Waals surface area contributed by atoms with Crippen molar-refractivity contribution in [3.8, 4) is 0 Å². The molecule has 0 spiro atoms. The average Bonchev–Trinajstić information content (AvgIpc) is 3.35. The predicted octanol–water partition coefficient (Wildman–Crippen LogP) is 6.35. The lowest BCUT2D eigenvalue weighted by Crippen LogP contribution is -2.37. The number of benzene rings is 1. The van der Waals surface area contributed by atoms with Gasteiger partial charge in [0.05, 0.1) is 30.1 Å². The highest BCUT2D eigenvalue weighted by Crippen LogP contribution is 2.39. The number of allylic oxidation sites excluding steroid dienone is 1. The van der Waals surface area contributed by atoms with Crippen molar-refractivity contribution in [3.05, 3.63) is 51.1 Å². The summed E-state index contributed by atoms with van der Waals surface area (Å²) in [6.45, 7) is 7.08. The van der Waals surface area contributed by atoms with Crippen LogP contribution in [-0.4, -0.2) is 29.6 Å². The van der Waals surface area contributed by atoms with E-state index in [2.05, 4.69) is 9.88 Å². The lowest BCUT2D eigenvalue weighted by Gasteiger charge is -2.31. The molecule has 0 amide bonds. The van der Waals surface area contributed by atoms with Crippen LogP contribution in [-0.2, 0) is 22.0 Å². The first-order valence-corrected chi connectivity index (χ1v) is 11.6. The molecule has 1 aliphatic rings. The number of nitrogens with zero attached hydrogens (tertiary/aromatic N) is 2. The fourth-order valence-corrected chi connectivity index (χ4v) is 5.19. The number of fused-ring (bicyclic) bond motifs is 3. The van der Waals surface area contributed by atoms with Gasteiger partial charge in [-0.15, -0.1) is 11.6 Å². The van der Waals surface area contributed by atoms with Gasteiger partial charge in [0.1, 0.15) is 5.92 Å². The first kappa shape index (κ1) is 22.7. The standard InChI is InChI=1S/C20H19Cl2N3O2S.C2H6/c1-3-4-17-15(8-21)24-20(28-17)25-9-13(19(26)27-2)18-12-7-11(22)5-6-14(12)23-16(18)10-25;1-2/h3-7,13,23H,8-10H2,1-2H3;1-2H3/b4-3-;. The van der Waals surface area contributed by atoms with Gasteiger partial charge in [-0.05, 0) is 36.8 Å². The van der Waals surface area contributed by atoms with E-state index >= 15 is 0 Å². The summed E-state index contributed by atoms with van der Waals surface area (Å²) in [4.78, 5) is 23.9. The second-order valence-corrected chi connectivity index (χ2v) is 8.32. The maximum atomic E-state index is 12.6. The number of H-pyrrole nitrogens is 1. The molecule has 0 saturated carbocycles. The minimum Gasteiger partial charge on any atom is -0.468 e. The van der Waals surface area contributed by atoms with Crippen molar-refractivity contribution >= 4 is 62.6 Å². The van der Waals surface area contributed by atoms with E-state index < -0.39 is 5.92 Å². The zero-order valence-electron chi connectivity index (χ0n) is 17.5. The number of methoxy groups -OCH3 is 1. The van der Waals surface area contributed by atoms with Gasteiger partial charge >= 0.3 is 5.97 Å². The number of carbonyl (C=O) groups is 1. The Bertz CT molecular complexity index is 1070. The summed E-state index contributed by atoms with van der Waals surface area (Å²) < 4.78 is 5.11. The highest BCUT2D eigenvalue weighted by molar-refractivity contribution is 7.16. The molecular formula is C22H25Cl2N3O2S. The number of carbonyl (C=O) groups excluding carboxylic acids is 1. The molecule has 0 bridgehead atoms. The molecule has 0 aliphatic carbocycles. The summed E-state index contributed by atoms with van der Waals surface area (Å²) in [6, 6.07) is 5.68. The summed E-state index contributed by atoms with van der Waals surface area (Å²) >= 11 is 13.8. The van der Waals surface area contributed by atoms with Gasteiger partial charge in [0.25, 0.3) is 0 Å². The van der Waals surface area contributed by atoms with Gasteiger partial charge in [-0.1, -0.05) is 42.9 Å². The number of thiazole rings is 1. The Balaban J connectivity index is 0.00000124. The molecule has 160 valence electrons. The molecule has 1 aromatic carbocycles. The van der Waals surface area contributed by atoms with Crippen LogP contribution in [0.1, 0.15) is 48.5 Å². The van der Waals surface area contributed by atoms with Crippen molar-refractivity contribution in [1.29, 1.82) is 0 Å². The van der Waals surface area contributed by atoms with E-state index in [9.17, 15) is 4.79 Å². The van der Waals surface area contributed by atoms with Crippen LogP contribution in [0.2, 0.25) is 5.02 Å². The lowest BCUT2D eigenvalue weighted by atomic mass is 9.92. The van der Waals surface area contributed by atoms with Crippen LogP contribution in [0.25, 0.3) is 17.0 Å². The topological polar surface area (TPSA) is 58.2 Å². The number of hydrogen-bond acceptors (Lipinski definition) is 5. The van der Waals surface area contributed by atoms with Crippen LogP contribution in [0.5, 0.6) is 0 Å². The Morgan fingerprint density at radius 3 is 2.87 bits per heavy atom. The number of halogens is 2. The SMILES string of the molecule is C/C=C\c1sc(N2Cc3[nH]c4ccc(Cl)cc4c3C(C(=O)OC)C2)nc1CCl.CC. The Hall–Kier alpha value is -2.02. The van der Waals surface area contributed by atoms with Gasteiger partial charge < -0.3 is 14.6 Å². The van der Waals surface area contributed by atoms with E-state index in [0.29, 0.717) is 24.0 Å². The first-order chi connectivity index (χ1) is 14.5. The Morgan fingerprint density at radius 2 is 2.20 bits per heavy atom. The minimum absolute atomic E-state index is 0.269. The third-order valence-electron chi connectivity index (χ3n) is 4.90. The van der Waals surface area contributed by atoms with Gasteiger partial charge in [0.2, 0.25) is 0 Å². The van der Waals surface area contributed by atoms with E-state index in [4.69, 9.17) is 32.9 Å². The molecule has 0 radical (unpaired) electrons. The number of hydrogen-bond donors (Lipinski definition) is 1. The van der Waals surface area contributed by atoms with Crippen LogP contribution in [0.3, 0.4) is 0 Å². The molecule has 4 rings (SSSR count). The van der Waals surface area contributed by atoms with E-state index in [1.54, 1.807) is 11.3 Å². The number of anilines is 1. The summed E-state index contributed by atoms with van der Waals surface area (Å²) in [5.41, 5.74) is 3.75. The molecule has 1 atom stereocenters. The van der Waals surface area contributed by atoms with Gasteiger partial charge in [0.15, 0.2) is 5.13 Å². The van der Waals surface area contributed by atoms with Crippen molar-refractivity contribution in [1.82, 2.24) is 9.97 Å². The average molecular weight is 466 g/mol. The number of ether oxygens (including phenoxy) is 1. The monoisotopic (exact) mass is 465 g/mol. The second kappa shape index (κ2) is 9.86. The van der Waals surface area contributed by atoms with Gasteiger partial charge in [-0.25, -0.2) is 4.98 Å². The van der Waals surface area contributed by atoms with Gasteiger partial charge in [0, 0.05) is 28.2 Å². The Kier molecular flexibility index (Phi) is 7.45. The molecule has 1 aliphatic heterocycles. The number of nitrogens with one attached hydrogen (secondary N) is 1. The second-order valence-electron chi connectivity index (χ2n) is 6.60. The molecule has 1 unspecified atom stereocenters. The van der Waals surface area contributed by atoms with Crippen molar-refractivity contribution in [2.75, 3.05) is 18.6 Å². The lowest BCUT2D eigenvalue weighted by molar-refractivity contribution is -0.142. The smallest absolute Gasteiger partial charge is 0.315 e. The number of alkyl halides is 1. The molecule has 0 fully saturated rings. The van der Waals surface area contributed by atoms with Crippen LogP contribution in [0.4, 0.5) is 5.13 Å². The third-order valence-corrected chi connectivity index (χ3v) is 6.51. The Morgan fingerprint density at radius 1 is 1.43 bits per heavy atom. The molecule has 2 aromatic heterocycles. The normalized spacial score (nSPS) is 15.8. The zero-order chi connectivity index (χ0) is 21.8. The van der Waals surface area contributed by atoms with E-state index in [-0.39, 0.29) is 5.97 Å². The number of rotatable bonds is 4. The van der Waals surface area contributed by atoms with Crippen molar-refractivity contribution in [2.24, 2.45) is 0 Å². The zero-order valence-corrected chi connectivity index (χ0v) is 19.8. The molecule has 30 heavy (non-hydrogen) atoms. The quantitative estimate of drug-likeness (QED) is 0.360. The summed E-state index contributed by atoms with van der Waals surface area (Å²) in [5, 5.41) is 2.45. The Labute approximate surface area is 190 Å². The number of aromatic nitrogens is 2. The molecule has 5 nitrogen and oxygen atoms in total. The molecule has 3 heterocycles. The van der Waals surface area contributed by atoms with Gasteiger partial charge in [-0.2, -0.15) is 0 Å². The fraction of sp³-hybridized carbons (Fsp3) is 0.364.